The number of benzene rings is 2. The molecule has 0 amide bonds. The van der Waals surface area contributed by atoms with Crippen LogP contribution in [0.15, 0.2) is 40.9 Å². The SMILES string of the molecule is Cc1ccc(F)c(NC(C)Cc2ccc(Br)cc2)c1F. The lowest BCUT2D eigenvalue weighted by Crippen LogP contribution is -2.20. The van der Waals surface area contributed by atoms with Crippen LogP contribution in [-0.4, -0.2) is 6.04 Å². The van der Waals surface area contributed by atoms with Gasteiger partial charge in [-0.25, -0.2) is 8.78 Å². The molecular weight excluding hydrogens is 324 g/mol. The van der Waals surface area contributed by atoms with Crippen molar-refractivity contribution in [1.29, 1.82) is 0 Å². The quantitative estimate of drug-likeness (QED) is 0.819. The largest absolute Gasteiger partial charge is 0.377 e. The minimum Gasteiger partial charge on any atom is -0.377 e. The first-order chi connectivity index (χ1) is 9.47. The minimum absolute atomic E-state index is 0.0467. The predicted molar refractivity (Wildman–Crippen MR) is 82.0 cm³/mol. The van der Waals surface area contributed by atoms with Gasteiger partial charge in [0.25, 0.3) is 0 Å². The van der Waals surface area contributed by atoms with Gasteiger partial charge < -0.3 is 5.32 Å². The zero-order chi connectivity index (χ0) is 14.7. The molecule has 0 radical (unpaired) electrons. The number of nitrogens with one attached hydrogen (secondary N) is 1. The van der Waals surface area contributed by atoms with Gasteiger partial charge in [-0.2, -0.15) is 0 Å². The zero-order valence-corrected chi connectivity index (χ0v) is 13.0. The summed E-state index contributed by atoms with van der Waals surface area (Å²) in [5, 5.41) is 2.92. The summed E-state index contributed by atoms with van der Waals surface area (Å²) in [6, 6.07) is 10.5. The molecule has 2 rings (SSSR count). The number of halogens is 3. The summed E-state index contributed by atoms with van der Waals surface area (Å²) in [7, 11) is 0. The van der Waals surface area contributed by atoms with Gasteiger partial charge in [0.15, 0.2) is 5.82 Å². The molecule has 0 saturated heterocycles. The lowest BCUT2D eigenvalue weighted by Gasteiger charge is -2.17. The summed E-state index contributed by atoms with van der Waals surface area (Å²) in [5.41, 5.74) is 1.50. The molecule has 0 aromatic heterocycles. The van der Waals surface area contributed by atoms with Crippen molar-refractivity contribution < 1.29 is 8.78 Å². The molecule has 0 aliphatic rings. The lowest BCUT2D eigenvalue weighted by atomic mass is 10.1. The first-order valence-corrected chi connectivity index (χ1v) is 7.22. The van der Waals surface area contributed by atoms with E-state index in [0.29, 0.717) is 12.0 Å². The highest BCUT2D eigenvalue weighted by molar-refractivity contribution is 9.10. The number of anilines is 1. The average molecular weight is 340 g/mol. The van der Waals surface area contributed by atoms with E-state index in [-0.39, 0.29) is 11.7 Å². The average Bonchev–Trinajstić information content (AvgIpc) is 2.42. The highest BCUT2D eigenvalue weighted by Crippen LogP contribution is 2.23. The van der Waals surface area contributed by atoms with Gasteiger partial charge in [0.2, 0.25) is 0 Å². The van der Waals surface area contributed by atoms with E-state index in [1.807, 2.05) is 31.2 Å². The molecule has 0 aliphatic carbocycles. The summed E-state index contributed by atoms with van der Waals surface area (Å²) in [6.07, 6.45) is 0.695. The smallest absolute Gasteiger partial charge is 0.152 e. The van der Waals surface area contributed by atoms with Crippen LogP contribution in [0.2, 0.25) is 0 Å². The van der Waals surface area contributed by atoms with Crippen LogP contribution < -0.4 is 5.32 Å². The Hall–Kier alpha value is -1.42. The fraction of sp³-hybridized carbons (Fsp3) is 0.250. The molecule has 0 fully saturated rings. The Balaban J connectivity index is 2.10. The normalized spacial score (nSPS) is 12.2. The van der Waals surface area contributed by atoms with Crippen LogP contribution in [0.25, 0.3) is 0 Å². The Bertz CT molecular complexity index is 596. The van der Waals surface area contributed by atoms with Crippen molar-refractivity contribution in [3.8, 4) is 0 Å². The van der Waals surface area contributed by atoms with Crippen LogP contribution in [0.4, 0.5) is 14.5 Å². The van der Waals surface area contributed by atoms with Crippen molar-refractivity contribution in [3.05, 3.63) is 63.6 Å². The summed E-state index contributed by atoms with van der Waals surface area (Å²) >= 11 is 3.38. The maximum Gasteiger partial charge on any atom is 0.152 e. The highest BCUT2D eigenvalue weighted by atomic mass is 79.9. The van der Waals surface area contributed by atoms with Crippen molar-refractivity contribution in [2.24, 2.45) is 0 Å². The van der Waals surface area contributed by atoms with Crippen LogP contribution in [-0.2, 0) is 6.42 Å². The van der Waals surface area contributed by atoms with Gasteiger partial charge in [0.1, 0.15) is 11.5 Å². The Labute approximate surface area is 126 Å². The third-order valence-corrected chi connectivity index (χ3v) is 3.66. The van der Waals surface area contributed by atoms with Gasteiger partial charge in [0.05, 0.1) is 0 Å². The Morgan fingerprint density at radius 1 is 1.10 bits per heavy atom. The maximum absolute atomic E-state index is 13.9. The molecule has 1 nitrogen and oxygen atoms in total. The molecule has 2 aromatic rings. The van der Waals surface area contributed by atoms with Crippen molar-refractivity contribution >= 4 is 21.6 Å². The van der Waals surface area contributed by atoms with Gasteiger partial charge in [-0.05, 0) is 49.6 Å². The summed E-state index contributed by atoms with van der Waals surface area (Å²) < 4.78 is 28.6. The molecule has 20 heavy (non-hydrogen) atoms. The number of rotatable bonds is 4. The Morgan fingerprint density at radius 2 is 1.75 bits per heavy atom. The molecule has 106 valence electrons. The van der Waals surface area contributed by atoms with Crippen molar-refractivity contribution in [1.82, 2.24) is 0 Å². The third kappa shape index (κ3) is 3.57. The first kappa shape index (κ1) is 15.0. The van der Waals surface area contributed by atoms with E-state index < -0.39 is 11.6 Å². The van der Waals surface area contributed by atoms with E-state index in [1.165, 1.54) is 12.1 Å². The Morgan fingerprint density at radius 3 is 2.40 bits per heavy atom. The van der Waals surface area contributed by atoms with E-state index in [2.05, 4.69) is 21.2 Å². The first-order valence-electron chi connectivity index (χ1n) is 6.43. The minimum atomic E-state index is -0.559. The third-order valence-electron chi connectivity index (χ3n) is 3.13. The standard InChI is InChI=1S/C16H16BrF2N/c1-10-3-8-14(18)16(15(10)19)20-11(2)9-12-4-6-13(17)7-5-12/h3-8,11,20H,9H2,1-2H3. The van der Waals surface area contributed by atoms with Gasteiger partial charge in [-0.3, -0.25) is 0 Å². The second-order valence-corrected chi connectivity index (χ2v) is 5.84. The second-order valence-electron chi connectivity index (χ2n) is 4.93. The van der Waals surface area contributed by atoms with Crippen LogP contribution in [0.3, 0.4) is 0 Å². The predicted octanol–water partition coefficient (Wildman–Crippen LogP) is 5.08. The fourth-order valence-electron chi connectivity index (χ4n) is 2.06. The molecule has 1 unspecified atom stereocenters. The molecule has 0 bridgehead atoms. The number of hydrogen-bond donors (Lipinski definition) is 1. The van der Waals surface area contributed by atoms with E-state index >= 15 is 0 Å². The van der Waals surface area contributed by atoms with Gasteiger partial charge in [-0.15, -0.1) is 0 Å². The number of aryl methyl sites for hydroxylation is 1. The summed E-state index contributed by atoms with van der Waals surface area (Å²) in [5.74, 6) is -1.08. The molecule has 4 heteroatoms. The molecule has 0 saturated carbocycles. The molecule has 1 N–H and O–H groups in total. The summed E-state index contributed by atoms with van der Waals surface area (Å²) in [4.78, 5) is 0. The topological polar surface area (TPSA) is 12.0 Å². The molecule has 0 heterocycles. The number of hydrogen-bond acceptors (Lipinski definition) is 1. The molecule has 0 spiro atoms. The van der Waals surface area contributed by atoms with Crippen LogP contribution in [0, 0.1) is 18.6 Å². The van der Waals surface area contributed by atoms with Crippen LogP contribution in [0.5, 0.6) is 0 Å². The molecule has 2 aromatic carbocycles. The van der Waals surface area contributed by atoms with Crippen molar-refractivity contribution in [2.75, 3.05) is 5.32 Å². The van der Waals surface area contributed by atoms with Gasteiger partial charge in [-0.1, -0.05) is 34.1 Å². The second kappa shape index (κ2) is 6.35. The molecule has 0 aliphatic heterocycles. The van der Waals surface area contributed by atoms with E-state index in [9.17, 15) is 8.78 Å². The molecular formula is C16H16BrF2N. The van der Waals surface area contributed by atoms with E-state index in [0.717, 1.165) is 10.0 Å². The molecule has 1 atom stereocenters. The van der Waals surface area contributed by atoms with Crippen molar-refractivity contribution in [3.63, 3.8) is 0 Å². The van der Waals surface area contributed by atoms with Crippen LogP contribution in [0.1, 0.15) is 18.1 Å². The highest BCUT2D eigenvalue weighted by Gasteiger charge is 2.14. The zero-order valence-electron chi connectivity index (χ0n) is 11.4. The maximum atomic E-state index is 13.9. The van der Waals surface area contributed by atoms with Gasteiger partial charge in [0, 0.05) is 10.5 Å². The lowest BCUT2D eigenvalue weighted by molar-refractivity contribution is 0.577. The Kier molecular flexibility index (Phi) is 4.76. The van der Waals surface area contributed by atoms with Gasteiger partial charge >= 0.3 is 0 Å². The summed E-state index contributed by atoms with van der Waals surface area (Å²) in [6.45, 7) is 3.53. The van der Waals surface area contributed by atoms with Crippen molar-refractivity contribution in [2.45, 2.75) is 26.3 Å². The monoisotopic (exact) mass is 339 g/mol. The van der Waals surface area contributed by atoms with Crippen LogP contribution >= 0.6 is 15.9 Å². The van der Waals surface area contributed by atoms with E-state index in [4.69, 9.17) is 0 Å². The van der Waals surface area contributed by atoms with E-state index in [1.54, 1.807) is 6.92 Å². The fourth-order valence-corrected chi connectivity index (χ4v) is 2.32.